The van der Waals surface area contributed by atoms with Gasteiger partial charge in [0.1, 0.15) is 5.58 Å². The SMILES string of the molecule is CCc1cc2oc(=O)cc(CN3CCC(CO)C3)c2cc1Cl. The molecule has 1 aromatic heterocycles. The van der Waals surface area contributed by atoms with Crippen molar-refractivity contribution in [1.29, 1.82) is 0 Å². The van der Waals surface area contributed by atoms with Crippen LogP contribution in [0.3, 0.4) is 0 Å². The van der Waals surface area contributed by atoms with E-state index in [0.717, 1.165) is 42.4 Å². The number of aliphatic hydroxyl groups excluding tert-OH is 1. The van der Waals surface area contributed by atoms with Crippen molar-refractivity contribution in [1.82, 2.24) is 4.90 Å². The second kappa shape index (κ2) is 6.41. The predicted octanol–water partition coefficient (Wildman–Crippen LogP) is 2.82. The van der Waals surface area contributed by atoms with Crippen LogP contribution in [0.5, 0.6) is 0 Å². The number of halogens is 1. The molecule has 22 heavy (non-hydrogen) atoms. The number of nitrogens with zero attached hydrogens (tertiary/aromatic N) is 1. The molecule has 3 rings (SSSR count). The van der Waals surface area contributed by atoms with Crippen LogP contribution in [-0.4, -0.2) is 29.7 Å². The van der Waals surface area contributed by atoms with E-state index in [4.69, 9.17) is 16.0 Å². The van der Waals surface area contributed by atoms with E-state index in [0.29, 0.717) is 23.1 Å². The van der Waals surface area contributed by atoms with Crippen LogP contribution in [-0.2, 0) is 13.0 Å². The van der Waals surface area contributed by atoms with Gasteiger partial charge in [-0.15, -0.1) is 0 Å². The van der Waals surface area contributed by atoms with E-state index in [1.807, 2.05) is 19.1 Å². The largest absolute Gasteiger partial charge is 0.423 e. The molecular formula is C17H20ClNO3. The Kier molecular flexibility index (Phi) is 4.52. The molecule has 0 saturated carbocycles. The van der Waals surface area contributed by atoms with Crippen LogP contribution in [0.25, 0.3) is 11.0 Å². The Morgan fingerprint density at radius 2 is 2.18 bits per heavy atom. The van der Waals surface area contributed by atoms with Crippen molar-refractivity contribution >= 4 is 22.6 Å². The van der Waals surface area contributed by atoms with E-state index in [-0.39, 0.29) is 12.2 Å². The second-order valence-corrected chi connectivity index (χ2v) is 6.36. The maximum Gasteiger partial charge on any atom is 0.336 e. The van der Waals surface area contributed by atoms with Crippen molar-refractivity contribution in [2.75, 3.05) is 19.7 Å². The molecule has 1 fully saturated rings. The van der Waals surface area contributed by atoms with Gasteiger partial charge < -0.3 is 9.52 Å². The molecular weight excluding hydrogens is 302 g/mol. The number of aliphatic hydroxyl groups is 1. The molecule has 2 heterocycles. The first-order valence-corrected chi connectivity index (χ1v) is 8.07. The van der Waals surface area contributed by atoms with Crippen LogP contribution in [0.4, 0.5) is 0 Å². The minimum absolute atomic E-state index is 0.222. The van der Waals surface area contributed by atoms with Gasteiger partial charge in [0.05, 0.1) is 0 Å². The third-order valence-electron chi connectivity index (χ3n) is 4.40. The summed E-state index contributed by atoms with van der Waals surface area (Å²) in [6, 6.07) is 5.31. The summed E-state index contributed by atoms with van der Waals surface area (Å²) in [5.41, 5.74) is 2.19. The summed E-state index contributed by atoms with van der Waals surface area (Å²) < 4.78 is 5.33. The fraction of sp³-hybridized carbons (Fsp3) is 0.471. The summed E-state index contributed by atoms with van der Waals surface area (Å²) in [6.07, 6.45) is 1.80. The first kappa shape index (κ1) is 15.5. The average Bonchev–Trinajstić information content (AvgIpc) is 2.95. The van der Waals surface area contributed by atoms with Crippen molar-refractivity contribution in [2.45, 2.75) is 26.3 Å². The zero-order valence-corrected chi connectivity index (χ0v) is 13.4. The van der Waals surface area contributed by atoms with Gasteiger partial charge in [0.15, 0.2) is 0 Å². The van der Waals surface area contributed by atoms with Crippen LogP contribution in [0.2, 0.25) is 5.02 Å². The molecule has 4 nitrogen and oxygen atoms in total. The first-order valence-electron chi connectivity index (χ1n) is 7.69. The number of hydrogen-bond donors (Lipinski definition) is 1. The Labute approximate surface area is 134 Å². The zero-order chi connectivity index (χ0) is 15.7. The van der Waals surface area contributed by atoms with Gasteiger partial charge in [-0.2, -0.15) is 0 Å². The summed E-state index contributed by atoms with van der Waals surface area (Å²) >= 11 is 6.31. The van der Waals surface area contributed by atoms with Crippen LogP contribution in [0.1, 0.15) is 24.5 Å². The molecule has 0 amide bonds. The lowest BCUT2D eigenvalue weighted by Gasteiger charge is -2.17. The lowest BCUT2D eigenvalue weighted by molar-refractivity contribution is 0.220. The van der Waals surface area contributed by atoms with E-state index in [1.165, 1.54) is 0 Å². The Hall–Kier alpha value is -1.36. The van der Waals surface area contributed by atoms with Gasteiger partial charge in [-0.3, -0.25) is 4.90 Å². The minimum Gasteiger partial charge on any atom is -0.423 e. The molecule has 1 aromatic carbocycles. The molecule has 118 valence electrons. The van der Waals surface area contributed by atoms with Crippen molar-refractivity contribution in [3.05, 3.63) is 44.8 Å². The van der Waals surface area contributed by atoms with E-state index in [9.17, 15) is 9.90 Å². The fourth-order valence-corrected chi connectivity index (χ4v) is 3.43. The Morgan fingerprint density at radius 3 is 2.86 bits per heavy atom. The highest BCUT2D eigenvalue weighted by molar-refractivity contribution is 6.32. The van der Waals surface area contributed by atoms with Gasteiger partial charge >= 0.3 is 5.63 Å². The smallest absolute Gasteiger partial charge is 0.336 e. The van der Waals surface area contributed by atoms with Gasteiger partial charge in [0.25, 0.3) is 0 Å². The topological polar surface area (TPSA) is 53.7 Å². The number of benzene rings is 1. The lowest BCUT2D eigenvalue weighted by Crippen LogP contribution is -2.21. The van der Waals surface area contributed by atoms with E-state index < -0.39 is 0 Å². The molecule has 0 aliphatic carbocycles. The molecule has 1 N–H and O–H groups in total. The molecule has 1 atom stereocenters. The van der Waals surface area contributed by atoms with Crippen LogP contribution in [0, 0.1) is 5.92 Å². The highest BCUT2D eigenvalue weighted by Gasteiger charge is 2.22. The maximum atomic E-state index is 11.8. The monoisotopic (exact) mass is 321 g/mol. The number of likely N-dealkylation sites (tertiary alicyclic amines) is 1. The van der Waals surface area contributed by atoms with Crippen LogP contribution >= 0.6 is 11.6 Å². The van der Waals surface area contributed by atoms with E-state index in [1.54, 1.807) is 6.07 Å². The molecule has 1 aliphatic heterocycles. The Morgan fingerprint density at radius 1 is 1.36 bits per heavy atom. The van der Waals surface area contributed by atoms with Crippen molar-refractivity contribution in [2.24, 2.45) is 5.92 Å². The van der Waals surface area contributed by atoms with Gasteiger partial charge in [0, 0.05) is 36.2 Å². The Balaban J connectivity index is 1.98. The van der Waals surface area contributed by atoms with Crippen molar-refractivity contribution in [3.63, 3.8) is 0 Å². The van der Waals surface area contributed by atoms with Crippen LogP contribution < -0.4 is 5.63 Å². The van der Waals surface area contributed by atoms with Crippen LogP contribution in [0.15, 0.2) is 27.4 Å². The zero-order valence-electron chi connectivity index (χ0n) is 12.6. The highest BCUT2D eigenvalue weighted by Crippen LogP contribution is 2.28. The Bertz CT molecular complexity index is 740. The molecule has 0 bridgehead atoms. The number of fused-ring (bicyclic) bond motifs is 1. The fourth-order valence-electron chi connectivity index (χ4n) is 3.14. The van der Waals surface area contributed by atoms with Gasteiger partial charge in [0.2, 0.25) is 0 Å². The summed E-state index contributed by atoms with van der Waals surface area (Å²) in [5, 5.41) is 10.9. The van der Waals surface area contributed by atoms with E-state index in [2.05, 4.69) is 4.90 Å². The second-order valence-electron chi connectivity index (χ2n) is 5.96. The number of hydrogen-bond acceptors (Lipinski definition) is 4. The molecule has 1 saturated heterocycles. The lowest BCUT2D eigenvalue weighted by atomic mass is 10.1. The first-order chi connectivity index (χ1) is 10.6. The molecule has 0 radical (unpaired) electrons. The van der Waals surface area contributed by atoms with Gasteiger partial charge in [-0.1, -0.05) is 18.5 Å². The summed E-state index contributed by atoms with van der Waals surface area (Å²) in [5.74, 6) is 0.335. The standard InChI is InChI=1S/C17H20ClNO3/c1-2-12-5-16-14(7-15(12)18)13(6-17(21)22-16)9-19-4-3-11(8-19)10-20/h5-7,11,20H,2-4,8-10H2,1H3. The molecule has 5 heteroatoms. The van der Waals surface area contributed by atoms with Gasteiger partial charge in [-0.05, 0) is 48.6 Å². The third-order valence-corrected chi connectivity index (χ3v) is 4.75. The molecule has 1 unspecified atom stereocenters. The normalized spacial score (nSPS) is 19.1. The molecule has 1 aliphatic rings. The third kappa shape index (κ3) is 3.05. The molecule has 0 spiro atoms. The minimum atomic E-state index is -0.329. The summed E-state index contributed by atoms with van der Waals surface area (Å²) in [6.45, 7) is 4.72. The van der Waals surface area contributed by atoms with Crippen molar-refractivity contribution in [3.8, 4) is 0 Å². The van der Waals surface area contributed by atoms with E-state index >= 15 is 0 Å². The summed E-state index contributed by atoms with van der Waals surface area (Å²) in [4.78, 5) is 14.1. The average molecular weight is 322 g/mol. The maximum absolute atomic E-state index is 11.8. The highest BCUT2D eigenvalue weighted by atomic mass is 35.5. The van der Waals surface area contributed by atoms with Gasteiger partial charge in [-0.25, -0.2) is 4.79 Å². The van der Waals surface area contributed by atoms with Crippen molar-refractivity contribution < 1.29 is 9.52 Å². The predicted molar refractivity (Wildman–Crippen MR) is 87.3 cm³/mol. The summed E-state index contributed by atoms with van der Waals surface area (Å²) in [7, 11) is 0. The molecule has 2 aromatic rings. The number of aryl methyl sites for hydroxylation is 1. The quantitative estimate of drug-likeness (QED) is 0.880. The number of rotatable bonds is 4.